The number of carbonyl (C=O) groups is 1. The van der Waals surface area contributed by atoms with Crippen molar-refractivity contribution in [3.05, 3.63) is 0 Å². The van der Waals surface area contributed by atoms with E-state index in [0.29, 0.717) is 19.1 Å². The molecule has 2 N–H and O–H groups in total. The van der Waals surface area contributed by atoms with Gasteiger partial charge in [-0.25, -0.2) is 0 Å². The fourth-order valence-corrected chi connectivity index (χ4v) is 2.98. The lowest BCUT2D eigenvalue weighted by Crippen LogP contribution is -2.46. The quantitative estimate of drug-likeness (QED) is 0.831. The third kappa shape index (κ3) is 5.67. The van der Waals surface area contributed by atoms with Gasteiger partial charge < -0.3 is 15.4 Å². The van der Waals surface area contributed by atoms with Crippen LogP contribution in [0.4, 0.5) is 0 Å². The molecule has 1 aliphatic carbocycles. The van der Waals surface area contributed by atoms with Gasteiger partial charge in [0.1, 0.15) is 0 Å². The lowest BCUT2D eigenvalue weighted by atomic mass is 9.84. The molecule has 4 nitrogen and oxygen atoms in total. The van der Waals surface area contributed by atoms with Gasteiger partial charge in [0.2, 0.25) is 5.91 Å². The van der Waals surface area contributed by atoms with Crippen molar-refractivity contribution in [1.82, 2.24) is 10.6 Å². The molecule has 0 aromatic heterocycles. The monoisotopic (exact) mass is 290 g/mol. The lowest BCUT2D eigenvalue weighted by molar-refractivity contribution is -0.123. The van der Waals surface area contributed by atoms with Gasteiger partial charge in [-0.1, -0.05) is 13.3 Å². The van der Waals surface area contributed by atoms with Crippen LogP contribution in [-0.4, -0.2) is 37.7 Å². The van der Waals surface area contributed by atoms with E-state index in [1.54, 1.807) is 0 Å². The summed E-state index contributed by atoms with van der Waals surface area (Å²) in [6.45, 7) is 4.55. The maximum absolute atomic E-state index is 11.9. The number of amides is 1. The lowest BCUT2D eigenvalue weighted by Gasteiger charge is -2.29. The van der Waals surface area contributed by atoms with Crippen molar-refractivity contribution in [2.75, 3.05) is 19.8 Å². The second kappa shape index (κ2) is 8.77. The van der Waals surface area contributed by atoms with Crippen LogP contribution < -0.4 is 10.6 Å². The number of ether oxygens (including phenoxy) is 1. The second-order valence-corrected chi connectivity index (χ2v) is 5.62. The zero-order valence-corrected chi connectivity index (χ0v) is 12.6. The molecular weight excluding hydrogens is 264 g/mol. The average molecular weight is 291 g/mol. The van der Waals surface area contributed by atoms with E-state index in [0.717, 1.165) is 31.9 Å². The van der Waals surface area contributed by atoms with Crippen LogP contribution in [0.2, 0.25) is 0 Å². The van der Waals surface area contributed by atoms with Crippen molar-refractivity contribution in [1.29, 1.82) is 0 Å². The van der Waals surface area contributed by atoms with E-state index in [9.17, 15) is 4.79 Å². The van der Waals surface area contributed by atoms with Gasteiger partial charge in [0, 0.05) is 25.0 Å². The Hall–Kier alpha value is -0.320. The van der Waals surface area contributed by atoms with E-state index in [2.05, 4.69) is 17.6 Å². The highest BCUT2D eigenvalue weighted by molar-refractivity contribution is 5.85. The first kappa shape index (κ1) is 16.7. The van der Waals surface area contributed by atoms with Gasteiger partial charge in [0.05, 0.1) is 13.2 Å². The van der Waals surface area contributed by atoms with Gasteiger partial charge in [-0.15, -0.1) is 12.4 Å². The highest BCUT2D eigenvalue weighted by Gasteiger charge is 2.23. The normalized spacial score (nSPS) is 31.3. The maximum atomic E-state index is 11.9. The smallest absolute Gasteiger partial charge is 0.221 e. The summed E-state index contributed by atoms with van der Waals surface area (Å²) in [5.41, 5.74) is 0. The first-order valence-corrected chi connectivity index (χ1v) is 7.38. The molecule has 1 atom stereocenters. The summed E-state index contributed by atoms with van der Waals surface area (Å²) in [6, 6.07) is 0.607. The number of halogens is 1. The van der Waals surface area contributed by atoms with Gasteiger partial charge in [0.25, 0.3) is 0 Å². The molecule has 1 saturated heterocycles. The summed E-state index contributed by atoms with van der Waals surface area (Å²) >= 11 is 0. The van der Waals surface area contributed by atoms with Crippen LogP contribution in [0.1, 0.15) is 45.4 Å². The predicted molar refractivity (Wildman–Crippen MR) is 78.7 cm³/mol. The van der Waals surface area contributed by atoms with E-state index in [4.69, 9.17) is 4.74 Å². The van der Waals surface area contributed by atoms with Gasteiger partial charge in [-0.3, -0.25) is 4.79 Å². The van der Waals surface area contributed by atoms with Crippen LogP contribution in [0.3, 0.4) is 0 Å². The number of hydrogen-bond acceptors (Lipinski definition) is 3. The molecule has 112 valence electrons. The van der Waals surface area contributed by atoms with Crippen molar-refractivity contribution in [2.45, 2.75) is 57.5 Å². The Bertz CT molecular complexity index is 262. The van der Waals surface area contributed by atoms with Crippen LogP contribution in [-0.2, 0) is 9.53 Å². The van der Waals surface area contributed by atoms with Gasteiger partial charge in [-0.2, -0.15) is 0 Å². The Balaban J connectivity index is 0.00000180. The number of carbonyl (C=O) groups excluding carboxylic acids is 1. The largest absolute Gasteiger partial charge is 0.378 e. The maximum Gasteiger partial charge on any atom is 0.221 e. The minimum absolute atomic E-state index is 0. The van der Waals surface area contributed by atoms with Crippen LogP contribution in [0.25, 0.3) is 0 Å². The van der Waals surface area contributed by atoms with E-state index in [1.807, 2.05) is 0 Å². The molecule has 1 aliphatic heterocycles. The first-order valence-electron chi connectivity index (χ1n) is 7.38. The minimum atomic E-state index is 0. The Morgan fingerprint density at radius 3 is 2.63 bits per heavy atom. The standard InChI is InChI=1S/C14H26N2O2.ClH/c1-2-11-3-5-12(6-4-11)16-14(17)9-13-10-18-8-7-15-13;/h11-13,15H,2-10H2,1H3,(H,16,17);1H. The van der Waals surface area contributed by atoms with Crippen molar-refractivity contribution in [2.24, 2.45) is 5.92 Å². The predicted octanol–water partition coefficient (Wildman–Crippen LogP) is 1.87. The summed E-state index contributed by atoms with van der Waals surface area (Å²) in [6.07, 6.45) is 6.67. The Morgan fingerprint density at radius 1 is 1.32 bits per heavy atom. The summed E-state index contributed by atoms with van der Waals surface area (Å²) in [7, 11) is 0. The molecule has 0 aromatic carbocycles. The van der Waals surface area contributed by atoms with Crippen LogP contribution >= 0.6 is 12.4 Å². The van der Waals surface area contributed by atoms with Crippen molar-refractivity contribution < 1.29 is 9.53 Å². The summed E-state index contributed by atoms with van der Waals surface area (Å²) in [5.74, 6) is 1.06. The van der Waals surface area contributed by atoms with Crippen LogP contribution in [0, 0.1) is 5.92 Å². The van der Waals surface area contributed by atoms with E-state index < -0.39 is 0 Å². The topological polar surface area (TPSA) is 50.4 Å². The molecule has 1 heterocycles. The molecule has 0 radical (unpaired) electrons. The molecule has 2 fully saturated rings. The molecule has 0 aromatic rings. The molecule has 1 amide bonds. The van der Waals surface area contributed by atoms with Gasteiger partial charge >= 0.3 is 0 Å². The summed E-state index contributed by atoms with van der Waals surface area (Å²) in [4.78, 5) is 11.9. The Morgan fingerprint density at radius 2 is 2.05 bits per heavy atom. The van der Waals surface area contributed by atoms with Gasteiger partial charge in [-0.05, 0) is 31.6 Å². The first-order chi connectivity index (χ1) is 8.78. The Labute approximate surface area is 122 Å². The average Bonchev–Trinajstić information content (AvgIpc) is 2.40. The summed E-state index contributed by atoms with van der Waals surface area (Å²) < 4.78 is 5.36. The number of morpholine rings is 1. The fraction of sp³-hybridized carbons (Fsp3) is 0.929. The molecule has 2 rings (SSSR count). The van der Waals surface area contributed by atoms with Gasteiger partial charge in [0.15, 0.2) is 0 Å². The zero-order valence-electron chi connectivity index (χ0n) is 11.8. The molecule has 0 bridgehead atoms. The van der Waals surface area contributed by atoms with E-state index >= 15 is 0 Å². The van der Waals surface area contributed by atoms with Crippen molar-refractivity contribution in [3.8, 4) is 0 Å². The number of hydrogen-bond donors (Lipinski definition) is 2. The Kier molecular flexibility index (Phi) is 7.73. The van der Waals surface area contributed by atoms with Crippen LogP contribution in [0.15, 0.2) is 0 Å². The molecule has 2 aliphatic rings. The van der Waals surface area contributed by atoms with Crippen molar-refractivity contribution in [3.63, 3.8) is 0 Å². The van der Waals surface area contributed by atoms with E-state index in [1.165, 1.54) is 19.3 Å². The fourth-order valence-electron chi connectivity index (χ4n) is 2.98. The van der Waals surface area contributed by atoms with E-state index in [-0.39, 0.29) is 24.4 Å². The number of rotatable bonds is 4. The highest BCUT2D eigenvalue weighted by atomic mass is 35.5. The second-order valence-electron chi connectivity index (χ2n) is 5.62. The zero-order chi connectivity index (χ0) is 12.8. The molecule has 1 unspecified atom stereocenters. The minimum Gasteiger partial charge on any atom is -0.378 e. The molecule has 0 spiro atoms. The third-order valence-electron chi connectivity index (χ3n) is 4.22. The number of nitrogens with one attached hydrogen (secondary N) is 2. The van der Waals surface area contributed by atoms with Crippen LogP contribution in [0.5, 0.6) is 0 Å². The molecule has 5 heteroatoms. The molecular formula is C14H27ClN2O2. The van der Waals surface area contributed by atoms with Crippen molar-refractivity contribution >= 4 is 18.3 Å². The molecule has 1 saturated carbocycles. The third-order valence-corrected chi connectivity index (χ3v) is 4.22. The SMILES string of the molecule is CCC1CCC(NC(=O)CC2COCCN2)CC1.Cl. The molecule has 19 heavy (non-hydrogen) atoms. The highest BCUT2D eigenvalue weighted by Crippen LogP contribution is 2.26. The summed E-state index contributed by atoms with van der Waals surface area (Å²) in [5, 5.41) is 6.49.